The molecule has 7 heteroatoms. The number of morpholine rings is 1. The van der Waals surface area contributed by atoms with Gasteiger partial charge in [0.15, 0.2) is 0 Å². The van der Waals surface area contributed by atoms with Crippen LogP contribution in [-0.4, -0.2) is 51.7 Å². The number of hydrogen-bond donors (Lipinski definition) is 0. The lowest BCUT2D eigenvalue weighted by Gasteiger charge is -2.39. The van der Waals surface area contributed by atoms with E-state index in [2.05, 4.69) is 0 Å². The third-order valence-corrected chi connectivity index (χ3v) is 7.03. The number of furan rings is 1. The van der Waals surface area contributed by atoms with Gasteiger partial charge in [0.05, 0.1) is 25.4 Å². The van der Waals surface area contributed by atoms with E-state index < -0.39 is 10.0 Å². The van der Waals surface area contributed by atoms with Gasteiger partial charge < -0.3 is 13.9 Å². The molecule has 23 heavy (non-hydrogen) atoms. The maximum atomic E-state index is 13.2. The number of rotatable bonds is 4. The van der Waals surface area contributed by atoms with E-state index in [9.17, 15) is 8.42 Å². The van der Waals surface area contributed by atoms with Crippen LogP contribution in [-0.2, 0) is 19.5 Å². The minimum absolute atomic E-state index is 0.103. The van der Waals surface area contributed by atoms with Crippen molar-refractivity contribution in [3.63, 3.8) is 0 Å². The van der Waals surface area contributed by atoms with Gasteiger partial charge in [0.1, 0.15) is 16.4 Å². The molecule has 0 aromatic carbocycles. The third-order valence-electron chi connectivity index (χ3n) is 5.00. The lowest BCUT2D eigenvalue weighted by molar-refractivity contribution is -0.0260. The van der Waals surface area contributed by atoms with Gasteiger partial charge in [-0.3, -0.25) is 0 Å². The summed E-state index contributed by atoms with van der Waals surface area (Å²) in [4.78, 5) is 0.272. The lowest BCUT2D eigenvalue weighted by atomic mass is 9.96. The Hall–Kier alpha value is -0.890. The largest absolute Gasteiger partial charge is 0.465 e. The van der Waals surface area contributed by atoms with E-state index in [1.54, 1.807) is 31.3 Å². The molecule has 2 heterocycles. The topological polar surface area (TPSA) is 69.0 Å². The molecule has 0 amide bonds. The molecule has 3 rings (SSSR count). The zero-order valence-electron chi connectivity index (χ0n) is 13.9. The highest BCUT2D eigenvalue weighted by Crippen LogP contribution is 2.36. The summed E-state index contributed by atoms with van der Waals surface area (Å²) in [6.07, 6.45) is 3.13. The van der Waals surface area contributed by atoms with Crippen LogP contribution in [0.4, 0.5) is 0 Å². The second-order valence-corrected chi connectivity index (χ2v) is 8.26. The summed E-state index contributed by atoms with van der Waals surface area (Å²) in [5.74, 6) is 1.24. The Bertz CT molecular complexity index is 653. The molecule has 2 fully saturated rings. The molecule has 1 aliphatic carbocycles. The maximum Gasteiger partial charge on any atom is 0.246 e. The molecule has 2 aliphatic rings. The quantitative estimate of drug-likeness (QED) is 0.837. The van der Waals surface area contributed by atoms with Crippen molar-refractivity contribution in [2.75, 3.05) is 26.9 Å². The summed E-state index contributed by atoms with van der Waals surface area (Å²) in [5, 5.41) is 0. The van der Waals surface area contributed by atoms with E-state index in [4.69, 9.17) is 13.9 Å². The van der Waals surface area contributed by atoms with Crippen LogP contribution in [0, 0.1) is 19.8 Å². The van der Waals surface area contributed by atoms with E-state index in [1.807, 2.05) is 0 Å². The van der Waals surface area contributed by atoms with Gasteiger partial charge in [-0.2, -0.15) is 4.31 Å². The van der Waals surface area contributed by atoms with Gasteiger partial charge in [0, 0.05) is 19.6 Å². The Morgan fingerprint density at radius 2 is 2.09 bits per heavy atom. The molecule has 1 aromatic heterocycles. The Labute approximate surface area is 137 Å². The fraction of sp³-hybridized carbons (Fsp3) is 0.750. The van der Waals surface area contributed by atoms with Gasteiger partial charge >= 0.3 is 0 Å². The Kier molecular flexibility index (Phi) is 4.83. The van der Waals surface area contributed by atoms with Gasteiger partial charge in [-0.15, -0.1) is 0 Å². The molecule has 1 saturated heterocycles. The second-order valence-electron chi connectivity index (χ2n) is 6.40. The van der Waals surface area contributed by atoms with Gasteiger partial charge in [0.25, 0.3) is 0 Å². The van der Waals surface area contributed by atoms with E-state index in [-0.39, 0.29) is 23.0 Å². The van der Waals surface area contributed by atoms with Crippen LogP contribution in [0.25, 0.3) is 0 Å². The van der Waals surface area contributed by atoms with Crippen molar-refractivity contribution in [3.05, 3.63) is 17.6 Å². The van der Waals surface area contributed by atoms with Gasteiger partial charge in [0.2, 0.25) is 10.0 Å². The Morgan fingerprint density at radius 3 is 2.74 bits per heavy atom. The Morgan fingerprint density at radius 1 is 1.30 bits per heavy atom. The van der Waals surface area contributed by atoms with Crippen molar-refractivity contribution in [1.29, 1.82) is 0 Å². The monoisotopic (exact) mass is 343 g/mol. The SMILES string of the molecule is COC1CCCC1C1COCCN1S(=O)(=O)c1cc(C)oc1C. The van der Waals surface area contributed by atoms with Gasteiger partial charge in [-0.05, 0) is 32.8 Å². The average molecular weight is 343 g/mol. The number of nitrogens with zero attached hydrogens (tertiary/aromatic N) is 1. The van der Waals surface area contributed by atoms with Crippen LogP contribution in [0.3, 0.4) is 0 Å². The molecule has 0 radical (unpaired) electrons. The fourth-order valence-electron chi connectivity index (χ4n) is 3.92. The van der Waals surface area contributed by atoms with Gasteiger partial charge in [-0.1, -0.05) is 6.42 Å². The minimum Gasteiger partial charge on any atom is -0.465 e. The number of aryl methyl sites for hydroxylation is 2. The average Bonchev–Trinajstić information content (AvgIpc) is 3.13. The number of hydrogen-bond acceptors (Lipinski definition) is 5. The van der Waals surface area contributed by atoms with E-state index >= 15 is 0 Å². The van der Waals surface area contributed by atoms with Crippen molar-refractivity contribution in [2.24, 2.45) is 5.92 Å². The molecular weight excluding hydrogens is 318 g/mol. The van der Waals surface area contributed by atoms with Crippen LogP contribution in [0.5, 0.6) is 0 Å². The Balaban J connectivity index is 1.93. The molecule has 130 valence electrons. The van der Waals surface area contributed by atoms with Crippen molar-refractivity contribution >= 4 is 10.0 Å². The normalized spacial score (nSPS) is 30.0. The lowest BCUT2D eigenvalue weighted by Crippen LogP contribution is -2.53. The maximum absolute atomic E-state index is 13.2. The van der Waals surface area contributed by atoms with E-state index in [0.717, 1.165) is 19.3 Å². The highest BCUT2D eigenvalue weighted by Gasteiger charge is 2.44. The van der Waals surface area contributed by atoms with Gasteiger partial charge in [-0.25, -0.2) is 8.42 Å². The molecule has 1 aliphatic heterocycles. The summed E-state index contributed by atoms with van der Waals surface area (Å²) in [7, 11) is -1.88. The molecule has 3 unspecified atom stereocenters. The van der Waals surface area contributed by atoms with Crippen molar-refractivity contribution in [3.8, 4) is 0 Å². The second kappa shape index (κ2) is 6.55. The predicted octanol–water partition coefficient (Wildman–Crippen LogP) is 2.10. The summed E-state index contributed by atoms with van der Waals surface area (Å²) < 4.78 is 44.5. The summed E-state index contributed by atoms with van der Waals surface area (Å²) >= 11 is 0. The van der Waals surface area contributed by atoms with Crippen LogP contribution in [0.15, 0.2) is 15.4 Å². The first-order valence-corrected chi connectivity index (χ1v) is 9.58. The first kappa shape index (κ1) is 17.0. The third kappa shape index (κ3) is 3.07. The summed E-state index contributed by atoms with van der Waals surface area (Å²) in [6, 6.07) is 1.44. The zero-order valence-corrected chi connectivity index (χ0v) is 14.8. The molecular formula is C16H25NO5S. The van der Waals surface area contributed by atoms with Crippen LogP contribution >= 0.6 is 0 Å². The van der Waals surface area contributed by atoms with E-state index in [1.165, 1.54) is 0 Å². The number of ether oxygens (including phenoxy) is 2. The van der Waals surface area contributed by atoms with Crippen molar-refractivity contribution < 1.29 is 22.3 Å². The molecule has 6 nitrogen and oxygen atoms in total. The van der Waals surface area contributed by atoms with Crippen LogP contribution in [0.1, 0.15) is 30.8 Å². The molecule has 3 atom stereocenters. The number of methoxy groups -OCH3 is 1. The zero-order chi connectivity index (χ0) is 16.6. The smallest absolute Gasteiger partial charge is 0.246 e. The van der Waals surface area contributed by atoms with Crippen LogP contribution < -0.4 is 0 Å². The van der Waals surface area contributed by atoms with E-state index in [0.29, 0.717) is 31.3 Å². The molecule has 1 saturated carbocycles. The number of sulfonamides is 1. The fourth-order valence-corrected chi connectivity index (χ4v) is 5.78. The summed E-state index contributed by atoms with van der Waals surface area (Å²) in [6.45, 7) is 4.70. The predicted molar refractivity (Wildman–Crippen MR) is 84.8 cm³/mol. The standard InChI is InChI=1S/C16H25NO5S/c1-11-9-16(12(2)22-11)23(18,19)17-7-8-21-10-14(17)13-5-4-6-15(13)20-3/h9,13-15H,4-8,10H2,1-3H3. The molecule has 0 spiro atoms. The molecule has 1 aromatic rings. The van der Waals surface area contributed by atoms with Crippen LogP contribution in [0.2, 0.25) is 0 Å². The first-order chi connectivity index (χ1) is 10.9. The van der Waals surface area contributed by atoms with Crippen molar-refractivity contribution in [2.45, 2.75) is 50.2 Å². The first-order valence-electron chi connectivity index (χ1n) is 8.14. The van der Waals surface area contributed by atoms with Crippen molar-refractivity contribution in [1.82, 2.24) is 4.31 Å². The highest BCUT2D eigenvalue weighted by atomic mass is 32.2. The molecule has 0 N–H and O–H groups in total. The summed E-state index contributed by atoms with van der Waals surface area (Å²) in [5.41, 5.74) is 0. The highest BCUT2D eigenvalue weighted by molar-refractivity contribution is 7.89. The molecule has 0 bridgehead atoms. The minimum atomic E-state index is -3.59.